The van der Waals surface area contributed by atoms with E-state index >= 15 is 0 Å². The molecular weight excluding hydrogens is 158 g/mol. The van der Waals surface area contributed by atoms with Crippen molar-refractivity contribution in [3.8, 4) is 0 Å². The first-order chi connectivity index (χ1) is 5.77. The van der Waals surface area contributed by atoms with Crippen molar-refractivity contribution in [1.29, 1.82) is 0 Å². The van der Waals surface area contributed by atoms with Gasteiger partial charge in [0.25, 0.3) is 0 Å². The van der Waals surface area contributed by atoms with Crippen molar-refractivity contribution in [2.75, 3.05) is 40.0 Å². The molecule has 0 unspecified atom stereocenters. The predicted octanol–water partition coefficient (Wildman–Crippen LogP) is -0.380. The molecule has 4 nitrogen and oxygen atoms in total. The van der Waals surface area contributed by atoms with Gasteiger partial charge in [-0.2, -0.15) is 0 Å². The summed E-state index contributed by atoms with van der Waals surface area (Å²) in [5, 5.41) is 11.9. The first-order valence-electron chi connectivity index (χ1n) is 4.23. The zero-order chi connectivity index (χ0) is 9.23. The average molecular weight is 177 g/mol. The molecule has 74 valence electrons. The van der Waals surface area contributed by atoms with E-state index in [1.165, 1.54) is 0 Å². The third-order valence-electron chi connectivity index (χ3n) is 1.29. The summed E-state index contributed by atoms with van der Waals surface area (Å²) in [5.41, 5.74) is 0. The zero-order valence-corrected chi connectivity index (χ0v) is 7.88. The van der Waals surface area contributed by atoms with Gasteiger partial charge in [0.15, 0.2) is 0 Å². The molecule has 0 amide bonds. The Kier molecular flexibility index (Phi) is 8.81. The van der Waals surface area contributed by atoms with Gasteiger partial charge in [0.1, 0.15) is 0 Å². The molecule has 0 saturated carbocycles. The van der Waals surface area contributed by atoms with Crippen molar-refractivity contribution < 1.29 is 14.6 Å². The second kappa shape index (κ2) is 8.93. The highest BCUT2D eigenvalue weighted by molar-refractivity contribution is 4.51. The summed E-state index contributed by atoms with van der Waals surface area (Å²) in [6, 6.07) is 0. The van der Waals surface area contributed by atoms with Crippen LogP contribution in [0.4, 0.5) is 0 Å². The summed E-state index contributed by atoms with van der Waals surface area (Å²) in [7, 11) is 1.65. The standard InChI is InChI=1S/C8H19NO3/c1-8(10)7-9-3-4-12-6-5-11-2/h8-10H,3-7H2,1-2H3/t8-/m1/s1. The van der Waals surface area contributed by atoms with Gasteiger partial charge in [0, 0.05) is 20.2 Å². The van der Waals surface area contributed by atoms with Crippen molar-refractivity contribution in [2.24, 2.45) is 0 Å². The molecule has 0 rings (SSSR count). The van der Waals surface area contributed by atoms with E-state index in [0.29, 0.717) is 26.4 Å². The summed E-state index contributed by atoms with van der Waals surface area (Å²) in [6.45, 7) is 5.07. The van der Waals surface area contributed by atoms with Crippen LogP contribution in [0.3, 0.4) is 0 Å². The molecule has 0 spiro atoms. The van der Waals surface area contributed by atoms with Gasteiger partial charge in [-0.15, -0.1) is 0 Å². The minimum Gasteiger partial charge on any atom is -0.392 e. The lowest BCUT2D eigenvalue weighted by molar-refractivity contribution is 0.0707. The molecule has 1 atom stereocenters. The Morgan fingerprint density at radius 1 is 1.33 bits per heavy atom. The van der Waals surface area contributed by atoms with Gasteiger partial charge in [0.05, 0.1) is 25.9 Å². The fraction of sp³-hybridized carbons (Fsp3) is 1.00. The molecule has 0 bridgehead atoms. The van der Waals surface area contributed by atoms with Crippen LogP contribution in [0.5, 0.6) is 0 Å². The van der Waals surface area contributed by atoms with E-state index in [1.54, 1.807) is 14.0 Å². The van der Waals surface area contributed by atoms with E-state index in [9.17, 15) is 0 Å². The Hall–Kier alpha value is -0.160. The summed E-state index contributed by atoms with van der Waals surface area (Å²) in [5.74, 6) is 0. The molecule has 0 aliphatic heterocycles. The second-order valence-corrected chi connectivity index (χ2v) is 2.66. The largest absolute Gasteiger partial charge is 0.392 e. The molecule has 0 aromatic carbocycles. The van der Waals surface area contributed by atoms with Crippen LogP contribution in [0.15, 0.2) is 0 Å². The number of hydrogen-bond acceptors (Lipinski definition) is 4. The number of methoxy groups -OCH3 is 1. The molecule has 0 fully saturated rings. The monoisotopic (exact) mass is 177 g/mol. The lowest BCUT2D eigenvalue weighted by Gasteiger charge is -2.06. The molecule has 0 radical (unpaired) electrons. The highest BCUT2D eigenvalue weighted by Gasteiger charge is 1.93. The van der Waals surface area contributed by atoms with E-state index in [-0.39, 0.29) is 6.10 Å². The lowest BCUT2D eigenvalue weighted by atomic mass is 10.4. The van der Waals surface area contributed by atoms with E-state index in [4.69, 9.17) is 14.6 Å². The summed E-state index contributed by atoms with van der Waals surface area (Å²) in [4.78, 5) is 0. The molecule has 0 aliphatic carbocycles. The minimum absolute atomic E-state index is 0.288. The topological polar surface area (TPSA) is 50.7 Å². The number of hydrogen-bond donors (Lipinski definition) is 2. The smallest absolute Gasteiger partial charge is 0.0700 e. The Balaban J connectivity index is 2.82. The summed E-state index contributed by atoms with van der Waals surface area (Å²) >= 11 is 0. The van der Waals surface area contributed by atoms with Crippen LogP contribution in [-0.4, -0.2) is 51.2 Å². The molecule has 0 aromatic rings. The van der Waals surface area contributed by atoms with Crippen molar-refractivity contribution in [3.05, 3.63) is 0 Å². The first kappa shape index (κ1) is 11.8. The molecule has 0 aromatic heterocycles. The van der Waals surface area contributed by atoms with E-state index in [0.717, 1.165) is 6.54 Å². The maximum Gasteiger partial charge on any atom is 0.0700 e. The first-order valence-corrected chi connectivity index (χ1v) is 4.23. The second-order valence-electron chi connectivity index (χ2n) is 2.66. The van der Waals surface area contributed by atoms with Gasteiger partial charge in [-0.3, -0.25) is 0 Å². The Bertz CT molecular complexity index is 88.4. The number of ether oxygens (including phenoxy) is 2. The number of aliphatic hydroxyl groups excluding tert-OH is 1. The average Bonchev–Trinajstić information content (AvgIpc) is 2.02. The van der Waals surface area contributed by atoms with Gasteiger partial charge < -0.3 is 19.9 Å². The molecular formula is C8H19NO3. The van der Waals surface area contributed by atoms with Crippen LogP contribution in [0.1, 0.15) is 6.92 Å². The van der Waals surface area contributed by atoms with Crippen molar-refractivity contribution >= 4 is 0 Å². The molecule has 12 heavy (non-hydrogen) atoms. The van der Waals surface area contributed by atoms with Gasteiger partial charge in [-0.05, 0) is 6.92 Å². The predicted molar refractivity (Wildman–Crippen MR) is 47.2 cm³/mol. The highest BCUT2D eigenvalue weighted by Crippen LogP contribution is 1.76. The Morgan fingerprint density at radius 3 is 2.67 bits per heavy atom. The highest BCUT2D eigenvalue weighted by atomic mass is 16.5. The van der Waals surface area contributed by atoms with Gasteiger partial charge in [-0.25, -0.2) is 0 Å². The van der Waals surface area contributed by atoms with E-state index < -0.39 is 0 Å². The minimum atomic E-state index is -0.288. The lowest BCUT2D eigenvalue weighted by Crippen LogP contribution is -2.27. The van der Waals surface area contributed by atoms with Gasteiger partial charge >= 0.3 is 0 Å². The van der Waals surface area contributed by atoms with Crippen molar-refractivity contribution in [2.45, 2.75) is 13.0 Å². The van der Waals surface area contributed by atoms with Gasteiger partial charge in [0.2, 0.25) is 0 Å². The van der Waals surface area contributed by atoms with E-state index in [1.807, 2.05) is 0 Å². The third-order valence-corrected chi connectivity index (χ3v) is 1.29. The quantitative estimate of drug-likeness (QED) is 0.496. The Labute approximate surface area is 73.9 Å². The molecule has 0 aliphatic rings. The summed E-state index contributed by atoms with van der Waals surface area (Å²) in [6.07, 6.45) is -0.288. The van der Waals surface area contributed by atoms with E-state index in [2.05, 4.69) is 5.32 Å². The number of rotatable bonds is 8. The van der Waals surface area contributed by atoms with Crippen molar-refractivity contribution in [3.63, 3.8) is 0 Å². The number of nitrogens with one attached hydrogen (secondary N) is 1. The van der Waals surface area contributed by atoms with Crippen LogP contribution < -0.4 is 5.32 Å². The fourth-order valence-corrected chi connectivity index (χ4v) is 0.700. The maximum absolute atomic E-state index is 8.87. The molecule has 0 heterocycles. The molecule has 0 saturated heterocycles. The van der Waals surface area contributed by atoms with Crippen LogP contribution >= 0.6 is 0 Å². The van der Waals surface area contributed by atoms with Crippen LogP contribution in [0.25, 0.3) is 0 Å². The van der Waals surface area contributed by atoms with Crippen LogP contribution in [0.2, 0.25) is 0 Å². The normalized spacial score (nSPS) is 13.2. The SMILES string of the molecule is COCCOCCNC[C@@H](C)O. The summed E-state index contributed by atoms with van der Waals surface area (Å²) < 4.78 is 9.99. The van der Waals surface area contributed by atoms with Crippen LogP contribution in [-0.2, 0) is 9.47 Å². The Morgan fingerprint density at radius 2 is 2.08 bits per heavy atom. The molecule has 2 N–H and O–H groups in total. The van der Waals surface area contributed by atoms with Crippen molar-refractivity contribution in [1.82, 2.24) is 5.32 Å². The van der Waals surface area contributed by atoms with Gasteiger partial charge in [-0.1, -0.05) is 0 Å². The molecule has 4 heteroatoms. The maximum atomic E-state index is 8.87. The number of aliphatic hydroxyl groups is 1. The fourth-order valence-electron chi connectivity index (χ4n) is 0.700. The third kappa shape index (κ3) is 9.84. The zero-order valence-electron chi connectivity index (χ0n) is 7.88. The van der Waals surface area contributed by atoms with Crippen LogP contribution in [0, 0.1) is 0 Å².